The molecule has 0 unspecified atom stereocenters. The molecule has 2 N–H and O–H groups in total. The van der Waals surface area contributed by atoms with Crippen molar-refractivity contribution in [2.75, 3.05) is 11.9 Å². The molecule has 88 valence electrons. The summed E-state index contributed by atoms with van der Waals surface area (Å²) in [5, 5.41) is 8.75. The summed E-state index contributed by atoms with van der Waals surface area (Å²) in [6.07, 6.45) is 2.00. The maximum atomic E-state index is 11.8. The summed E-state index contributed by atoms with van der Waals surface area (Å²) in [6, 6.07) is -0.0357. The fraction of sp³-hybridized carbons (Fsp3) is 0.636. The number of aromatic nitrogens is 1. The molecule has 1 aliphatic rings. The van der Waals surface area contributed by atoms with Crippen LogP contribution in [-0.4, -0.2) is 23.5 Å². The van der Waals surface area contributed by atoms with E-state index >= 15 is 0 Å². The van der Waals surface area contributed by atoms with Crippen molar-refractivity contribution in [3.05, 3.63) is 11.1 Å². The Morgan fingerprint density at radius 3 is 3.06 bits per heavy atom. The molecule has 0 radical (unpaired) electrons. The van der Waals surface area contributed by atoms with Crippen molar-refractivity contribution in [3.63, 3.8) is 0 Å². The lowest BCUT2D eigenvalue weighted by atomic mass is 10.2. The number of amides is 1. The van der Waals surface area contributed by atoms with E-state index in [-0.39, 0.29) is 11.9 Å². The number of anilines is 1. The lowest BCUT2D eigenvalue weighted by molar-refractivity contribution is -0.117. The van der Waals surface area contributed by atoms with Crippen LogP contribution in [0, 0.1) is 0 Å². The van der Waals surface area contributed by atoms with Gasteiger partial charge in [0.05, 0.1) is 11.7 Å². The Balaban J connectivity index is 1.95. The average Bonchev–Trinajstić information content (AvgIpc) is 2.87. The Labute approximate surface area is 99.5 Å². The quantitative estimate of drug-likeness (QED) is 0.847. The molecule has 1 amide bonds. The summed E-state index contributed by atoms with van der Waals surface area (Å²) in [4.78, 5) is 16.2. The van der Waals surface area contributed by atoms with Gasteiger partial charge in [-0.3, -0.25) is 4.79 Å². The van der Waals surface area contributed by atoms with Gasteiger partial charge in [-0.1, -0.05) is 13.8 Å². The van der Waals surface area contributed by atoms with Crippen molar-refractivity contribution >= 4 is 22.4 Å². The maximum Gasteiger partial charge on any atom is 0.243 e. The van der Waals surface area contributed by atoms with Crippen LogP contribution >= 0.6 is 11.3 Å². The number of hydrogen-bond acceptors (Lipinski definition) is 4. The Morgan fingerprint density at radius 1 is 1.69 bits per heavy atom. The monoisotopic (exact) mass is 239 g/mol. The van der Waals surface area contributed by atoms with Gasteiger partial charge in [0.1, 0.15) is 0 Å². The minimum atomic E-state index is -0.0357. The first-order valence-corrected chi connectivity index (χ1v) is 6.54. The van der Waals surface area contributed by atoms with Crippen LogP contribution in [0.15, 0.2) is 5.38 Å². The molecule has 16 heavy (non-hydrogen) atoms. The Morgan fingerprint density at radius 2 is 2.50 bits per heavy atom. The average molecular weight is 239 g/mol. The van der Waals surface area contributed by atoms with E-state index in [0.717, 1.165) is 25.1 Å². The van der Waals surface area contributed by atoms with Crippen LogP contribution in [0.4, 0.5) is 5.13 Å². The molecule has 5 heteroatoms. The van der Waals surface area contributed by atoms with E-state index in [4.69, 9.17) is 0 Å². The first kappa shape index (κ1) is 11.5. The molecule has 1 aliphatic heterocycles. The number of nitrogens with one attached hydrogen (secondary N) is 2. The van der Waals surface area contributed by atoms with Crippen molar-refractivity contribution in [2.24, 2.45) is 0 Å². The van der Waals surface area contributed by atoms with Crippen LogP contribution in [0.2, 0.25) is 0 Å². The topological polar surface area (TPSA) is 54.0 Å². The van der Waals surface area contributed by atoms with Crippen LogP contribution in [0.25, 0.3) is 0 Å². The molecule has 2 rings (SSSR count). The zero-order chi connectivity index (χ0) is 11.5. The zero-order valence-electron chi connectivity index (χ0n) is 9.62. The second-order valence-electron chi connectivity index (χ2n) is 4.37. The van der Waals surface area contributed by atoms with E-state index in [1.165, 1.54) is 11.3 Å². The van der Waals surface area contributed by atoms with Gasteiger partial charge in [0.15, 0.2) is 5.13 Å². The van der Waals surface area contributed by atoms with Crippen molar-refractivity contribution in [1.82, 2.24) is 10.3 Å². The summed E-state index contributed by atoms with van der Waals surface area (Å²) >= 11 is 1.49. The molecule has 0 bridgehead atoms. The molecule has 0 saturated carbocycles. The van der Waals surface area contributed by atoms with Crippen molar-refractivity contribution in [2.45, 2.75) is 38.6 Å². The molecule has 0 aromatic carbocycles. The minimum absolute atomic E-state index is 0.0357. The Kier molecular flexibility index (Phi) is 3.56. The molecule has 0 spiro atoms. The van der Waals surface area contributed by atoms with Gasteiger partial charge in [0.2, 0.25) is 5.91 Å². The van der Waals surface area contributed by atoms with Crippen molar-refractivity contribution in [3.8, 4) is 0 Å². The van der Waals surface area contributed by atoms with E-state index in [1.807, 2.05) is 5.38 Å². The standard InChI is InChI=1S/C11H17N3OS/c1-7(2)9-6-16-11(13-9)14-10(15)8-4-3-5-12-8/h6-8,12H,3-5H2,1-2H3,(H,13,14,15)/t8-/m1/s1. The second-order valence-corrected chi connectivity index (χ2v) is 5.23. The van der Waals surface area contributed by atoms with Crippen LogP contribution in [0.1, 0.15) is 38.3 Å². The summed E-state index contributed by atoms with van der Waals surface area (Å²) in [7, 11) is 0. The highest BCUT2D eigenvalue weighted by Gasteiger charge is 2.22. The fourth-order valence-corrected chi connectivity index (χ4v) is 2.58. The van der Waals surface area contributed by atoms with E-state index in [9.17, 15) is 4.79 Å². The SMILES string of the molecule is CC(C)c1csc(NC(=O)[C@H]2CCCN2)n1. The largest absolute Gasteiger partial charge is 0.306 e. The highest BCUT2D eigenvalue weighted by Crippen LogP contribution is 2.21. The molecule has 2 heterocycles. The summed E-state index contributed by atoms with van der Waals surface area (Å²) < 4.78 is 0. The second kappa shape index (κ2) is 4.93. The van der Waals surface area contributed by atoms with Crippen LogP contribution < -0.4 is 10.6 Å². The third kappa shape index (κ3) is 2.59. The number of nitrogens with zero attached hydrogens (tertiary/aromatic N) is 1. The van der Waals surface area contributed by atoms with Crippen LogP contribution in [0.5, 0.6) is 0 Å². The normalized spacial score (nSPS) is 20.3. The van der Waals surface area contributed by atoms with Gasteiger partial charge in [0, 0.05) is 5.38 Å². The highest BCUT2D eigenvalue weighted by atomic mass is 32.1. The van der Waals surface area contributed by atoms with Gasteiger partial charge in [-0.2, -0.15) is 0 Å². The molecule has 1 aromatic rings. The number of carbonyl (C=O) groups excluding carboxylic acids is 1. The number of thiazole rings is 1. The van der Waals surface area contributed by atoms with Crippen LogP contribution in [0.3, 0.4) is 0 Å². The lowest BCUT2D eigenvalue weighted by Gasteiger charge is -2.08. The lowest BCUT2D eigenvalue weighted by Crippen LogP contribution is -2.35. The number of hydrogen-bond donors (Lipinski definition) is 2. The predicted molar refractivity (Wildman–Crippen MR) is 65.9 cm³/mol. The van der Waals surface area contributed by atoms with E-state index in [1.54, 1.807) is 0 Å². The molecule has 1 saturated heterocycles. The summed E-state index contributed by atoms with van der Waals surface area (Å²) in [6.45, 7) is 5.13. The van der Waals surface area contributed by atoms with Gasteiger partial charge in [-0.15, -0.1) is 11.3 Å². The van der Waals surface area contributed by atoms with Gasteiger partial charge in [0.25, 0.3) is 0 Å². The third-order valence-electron chi connectivity index (χ3n) is 2.72. The third-order valence-corrected chi connectivity index (χ3v) is 3.50. The molecule has 0 aliphatic carbocycles. The van der Waals surface area contributed by atoms with Gasteiger partial charge >= 0.3 is 0 Å². The number of carbonyl (C=O) groups is 1. The van der Waals surface area contributed by atoms with Crippen molar-refractivity contribution < 1.29 is 4.79 Å². The highest BCUT2D eigenvalue weighted by molar-refractivity contribution is 7.13. The van der Waals surface area contributed by atoms with Gasteiger partial charge in [-0.05, 0) is 25.3 Å². The van der Waals surface area contributed by atoms with E-state index in [0.29, 0.717) is 11.0 Å². The molecular formula is C11H17N3OS. The van der Waals surface area contributed by atoms with E-state index in [2.05, 4.69) is 29.5 Å². The molecule has 1 atom stereocenters. The zero-order valence-corrected chi connectivity index (χ0v) is 10.4. The molecular weight excluding hydrogens is 222 g/mol. The molecule has 4 nitrogen and oxygen atoms in total. The maximum absolute atomic E-state index is 11.8. The minimum Gasteiger partial charge on any atom is -0.306 e. The summed E-state index contributed by atoms with van der Waals surface area (Å²) in [5.41, 5.74) is 1.04. The van der Waals surface area contributed by atoms with Crippen molar-refractivity contribution in [1.29, 1.82) is 0 Å². The smallest absolute Gasteiger partial charge is 0.243 e. The fourth-order valence-electron chi connectivity index (χ4n) is 1.71. The predicted octanol–water partition coefficient (Wildman–Crippen LogP) is 1.96. The first-order valence-electron chi connectivity index (χ1n) is 5.66. The first-order chi connectivity index (χ1) is 7.66. The number of rotatable bonds is 3. The summed E-state index contributed by atoms with van der Waals surface area (Å²) in [5.74, 6) is 0.452. The van der Waals surface area contributed by atoms with E-state index < -0.39 is 0 Å². The van der Waals surface area contributed by atoms with Gasteiger partial charge < -0.3 is 10.6 Å². The van der Waals surface area contributed by atoms with Gasteiger partial charge in [-0.25, -0.2) is 4.98 Å². The molecule has 1 aromatic heterocycles. The molecule has 1 fully saturated rings. The Bertz CT molecular complexity index is 369. The Hall–Kier alpha value is -0.940. The van der Waals surface area contributed by atoms with Crippen LogP contribution in [-0.2, 0) is 4.79 Å².